The Kier molecular flexibility index (Phi) is 4.02. The van der Waals surface area contributed by atoms with E-state index in [1.165, 1.54) is 42.7 Å². The molecule has 0 aromatic heterocycles. The highest BCUT2D eigenvalue weighted by molar-refractivity contribution is 5.40. The van der Waals surface area contributed by atoms with Gasteiger partial charge in [0.1, 0.15) is 0 Å². The quantitative estimate of drug-likeness (QED) is 0.854. The summed E-state index contributed by atoms with van der Waals surface area (Å²) in [7, 11) is 2.28. The van der Waals surface area contributed by atoms with Gasteiger partial charge in [0.25, 0.3) is 0 Å². The number of fused-ring (bicyclic) bond motifs is 2. The van der Waals surface area contributed by atoms with Crippen LogP contribution >= 0.6 is 0 Å². The standard InChI is InChI=1S/C17H28N2O/c1-12-4-5-14(17(11-20)13(12)2)8-19-9-15-6-7-16(10-19)18(15)3/h5,12,15-16,20H,4,6-11H2,1-3H3/t12-,15?,16?/m0/s1. The van der Waals surface area contributed by atoms with E-state index in [-0.39, 0.29) is 6.61 Å². The molecule has 112 valence electrons. The molecule has 3 heteroatoms. The summed E-state index contributed by atoms with van der Waals surface area (Å²) in [5, 5.41) is 9.71. The fourth-order valence-corrected chi connectivity index (χ4v) is 4.13. The largest absolute Gasteiger partial charge is 0.392 e. The van der Waals surface area contributed by atoms with Gasteiger partial charge in [-0.1, -0.05) is 18.6 Å². The Balaban J connectivity index is 1.70. The predicted molar refractivity (Wildman–Crippen MR) is 82.7 cm³/mol. The van der Waals surface area contributed by atoms with Crippen molar-refractivity contribution in [1.82, 2.24) is 9.80 Å². The molecule has 0 radical (unpaired) electrons. The van der Waals surface area contributed by atoms with E-state index >= 15 is 0 Å². The van der Waals surface area contributed by atoms with Gasteiger partial charge in [-0.3, -0.25) is 9.80 Å². The van der Waals surface area contributed by atoms with E-state index < -0.39 is 0 Å². The molecule has 0 saturated carbocycles. The van der Waals surface area contributed by atoms with Crippen molar-refractivity contribution in [2.45, 2.75) is 45.2 Å². The summed E-state index contributed by atoms with van der Waals surface area (Å²) >= 11 is 0. The summed E-state index contributed by atoms with van der Waals surface area (Å²) in [5.41, 5.74) is 3.98. The van der Waals surface area contributed by atoms with E-state index in [9.17, 15) is 5.11 Å². The van der Waals surface area contributed by atoms with Crippen LogP contribution in [0, 0.1) is 5.92 Å². The zero-order chi connectivity index (χ0) is 14.3. The van der Waals surface area contributed by atoms with Crippen molar-refractivity contribution in [2.75, 3.05) is 33.3 Å². The molecule has 0 spiro atoms. The molecule has 3 aliphatic rings. The van der Waals surface area contributed by atoms with Crippen molar-refractivity contribution in [2.24, 2.45) is 5.92 Å². The van der Waals surface area contributed by atoms with Gasteiger partial charge >= 0.3 is 0 Å². The van der Waals surface area contributed by atoms with Crippen molar-refractivity contribution >= 4 is 0 Å². The topological polar surface area (TPSA) is 26.7 Å². The van der Waals surface area contributed by atoms with Gasteiger partial charge in [-0.25, -0.2) is 0 Å². The molecule has 0 amide bonds. The Labute approximate surface area is 122 Å². The highest BCUT2D eigenvalue weighted by Crippen LogP contribution is 2.32. The molecule has 1 aliphatic carbocycles. The van der Waals surface area contributed by atoms with Crippen LogP contribution in [-0.4, -0.2) is 60.3 Å². The van der Waals surface area contributed by atoms with Crippen molar-refractivity contribution in [3.05, 3.63) is 22.8 Å². The first-order valence-electron chi connectivity index (χ1n) is 8.04. The molecular weight excluding hydrogens is 248 g/mol. The Morgan fingerprint density at radius 3 is 2.50 bits per heavy atom. The normalized spacial score (nSPS) is 35.6. The van der Waals surface area contributed by atoms with Crippen LogP contribution in [0.5, 0.6) is 0 Å². The molecule has 3 rings (SSSR count). The van der Waals surface area contributed by atoms with Gasteiger partial charge in [0, 0.05) is 31.7 Å². The Bertz CT molecular complexity index is 426. The van der Waals surface area contributed by atoms with Crippen molar-refractivity contribution in [1.29, 1.82) is 0 Å². The van der Waals surface area contributed by atoms with Crippen LogP contribution in [0.1, 0.15) is 33.1 Å². The fourth-order valence-electron chi connectivity index (χ4n) is 4.13. The molecular formula is C17H28N2O. The maximum absolute atomic E-state index is 9.71. The van der Waals surface area contributed by atoms with E-state index in [1.54, 1.807) is 0 Å². The SMILES string of the molecule is CC1=C(CO)C(CN2CC3CCC(C2)N3C)=CC[C@@H]1C. The van der Waals surface area contributed by atoms with Crippen LogP contribution in [0.25, 0.3) is 0 Å². The second-order valence-corrected chi connectivity index (χ2v) is 6.93. The summed E-state index contributed by atoms with van der Waals surface area (Å²) in [4.78, 5) is 5.18. The van der Waals surface area contributed by atoms with Crippen LogP contribution in [0.2, 0.25) is 0 Å². The van der Waals surface area contributed by atoms with Crippen molar-refractivity contribution in [3.63, 3.8) is 0 Å². The van der Waals surface area contributed by atoms with E-state index in [2.05, 4.69) is 36.8 Å². The summed E-state index contributed by atoms with van der Waals surface area (Å²) in [5.74, 6) is 0.588. The van der Waals surface area contributed by atoms with Gasteiger partial charge in [0.05, 0.1) is 6.61 Å². The second-order valence-electron chi connectivity index (χ2n) is 6.93. The number of likely N-dealkylation sites (tertiary alicyclic amines) is 1. The van der Waals surface area contributed by atoms with E-state index in [0.717, 1.165) is 25.0 Å². The monoisotopic (exact) mass is 276 g/mol. The number of likely N-dealkylation sites (N-methyl/N-ethyl adjacent to an activating group) is 1. The molecule has 20 heavy (non-hydrogen) atoms. The van der Waals surface area contributed by atoms with Gasteiger partial charge < -0.3 is 5.11 Å². The van der Waals surface area contributed by atoms with Crippen molar-refractivity contribution in [3.8, 4) is 0 Å². The average molecular weight is 276 g/mol. The summed E-state index contributed by atoms with van der Waals surface area (Å²) in [6, 6.07) is 1.50. The first kappa shape index (κ1) is 14.3. The number of hydrogen-bond donors (Lipinski definition) is 1. The molecule has 0 aromatic rings. The smallest absolute Gasteiger partial charge is 0.0684 e. The zero-order valence-electron chi connectivity index (χ0n) is 13.1. The van der Waals surface area contributed by atoms with Gasteiger partial charge in [-0.15, -0.1) is 0 Å². The lowest BCUT2D eigenvalue weighted by molar-refractivity contribution is 0.0953. The highest BCUT2D eigenvalue weighted by atomic mass is 16.3. The Morgan fingerprint density at radius 1 is 1.25 bits per heavy atom. The second kappa shape index (κ2) is 5.63. The number of rotatable bonds is 3. The number of piperazine rings is 1. The minimum atomic E-state index is 0.197. The number of aliphatic hydroxyl groups is 1. The number of allylic oxidation sites excluding steroid dienone is 2. The minimum Gasteiger partial charge on any atom is -0.392 e. The average Bonchev–Trinajstić information content (AvgIpc) is 2.65. The lowest BCUT2D eigenvalue weighted by Crippen LogP contribution is -2.52. The van der Waals surface area contributed by atoms with Gasteiger partial charge in [-0.05, 0) is 50.3 Å². The van der Waals surface area contributed by atoms with E-state index in [4.69, 9.17) is 0 Å². The fraction of sp³-hybridized carbons (Fsp3) is 0.765. The molecule has 2 bridgehead atoms. The number of aliphatic hydroxyl groups excluding tert-OH is 1. The summed E-state index contributed by atoms with van der Waals surface area (Å²) in [6.07, 6.45) is 6.21. The summed E-state index contributed by atoms with van der Waals surface area (Å²) in [6.45, 7) is 8.06. The van der Waals surface area contributed by atoms with E-state index in [1.807, 2.05) is 0 Å². The molecule has 2 fully saturated rings. The van der Waals surface area contributed by atoms with Crippen molar-refractivity contribution < 1.29 is 5.11 Å². The maximum atomic E-state index is 9.71. The molecule has 2 saturated heterocycles. The Morgan fingerprint density at radius 2 is 1.90 bits per heavy atom. The number of nitrogens with zero attached hydrogens (tertiary/aromatic N) is 2. The lowest BCUT2D eigenvalue weighted by Gasteiger charge is -2.40. The van der Waals surface area contributed by atoms with Crippen LogP contribution < -0.4 is 0 Å². The first-order chi connectivity index (χ1) is 9.60. The van der Waals surface area contributed by atoms with Gasteiger partial charge in [-0.2, -0.15) is 0 Å². The third-order valence-corrected chi connectivity index (χ3v) is 5.80. The third kappa shape index (κ3) is 2.47. The van der Waals surface area contributed by atoms with Crippen LogP contribution in [0.4, 0.5) is 0 Å². The van der Waals surface area contributed by atoms with Gasteiger partial charge in [0.15, 0.2) is 0 Å². The van der Waals surface area contributed by atoms with Crippen LogP contribution in [-0.2, 0) is 0 Å². The molecule has 1 N–H and O–H groups in total. The summed E-state index contributed by atoms with van der Waals surface area (Å²) < 4.78 is 0. The highest BCUT2D eigenvalue weighted by Gasteiger charge is 2.37. The van der Waals surface area contributed by atoms with Crippen LogP contribution in [0.15, 0.2) is 22.8 Å². The Hall–Kier alpha value is -0.640. The lowest BCUT2D eigenvalue weighted by atomic mass is 9.84. The van der Waals surface area contributed by atoms with Gasteiger partial charge in [0.2, 0.25) is 0 Å². The molecule has 2 aliphatic heterocycles. The minimum absolute atomic E-state index is 0.197. The number of hydrogen-bond acceptors (Lipinski definition) is 3. The van der Waals surface area contributed by atoms with E-state index in [0.29, 0.717) is 5.92 Å². The first-order valence-corrected chi connectivity index (χ1v) is 8.04. The zero-order valence-corrected chi connectivity index (χ0v) is 13.1. The third-order valence-electron chi connectivity index (χ3n) is 5.80. The predicted octanol–water partition coefficient (Wildman–Crippen LogP) is 2.04. The molecule has 3 nitrogen and oxygen atoms in total. The molecule has 0 aromatic carbocycles. The molecule has 2 heterocycles. The molecule has 2 unspecified atom stereocenters. The maximum Gasteiger partial charge on any atom is 0.0684 e. The molecule has 3 atom stereocenters. The van der Waals surface area contributed by atoms with Crippen LogP contribution in [0.3, 0.4) is 0 Å².